The summed E-state index contributed by atoms with van der Waals surface area (Å²) in [6, 6.07) is 3.64. The van der Waals surface area contributed by atoms with Crippen molar-refractivity contribution in [3.05, 3.63) is 22.8 Å². The van der Waals surface area contributed by atoms with Gasteiger partial charge in [0.15, 0.2) is 0 Å². The summed E-state index contributed by atoms with van der Waals surface area (Å²) >= 11 is 3.32. The molecule has 0 saturated carbocycles. The van der Waals surface area contributed by atoms with Crippen molar-refractivity contribution in [3.8, 4) is 0 Å². The predicted molar refractivity (Wildman–Crippen MR) is 67.9 cm³/mol. The first kappa shape index (κ1) is 13.4. The highest BCUT2D eigenvalue weighted by Crippen LogP contribution is 2.17. The van der Waals surface area contributed by atoms with Gasteiger partial charge in [0.25, 0.3) is 0 Å². The molecule has 0 aliphatic heterocycles. The average Bonchev–Trinajstić information content (AvgIpc) is 2.20. The van der Waals surface area contributed by atoms with Gasteiger partial charge in [0.05, 0.1) is 10.2 Å². The van der Waals surface area contributed by atoms with Crippen molar-refractivity contribution < 1.29 is 8.42 Å². The molecule has 1 aromatic rings. The molecule has 1 heterocycles. The van der Waals surface area contributed by atoms with E-state index in [1.54, 1.807) is 12.3 Å². The van der Waals surface area contributed by atoms with Crippen LogP contribution < -0.4 is 5.32 Å². The van der Waals surface area contributed by atoms with E-state index in [0.717, 1.165) is 4.47 Å². The van der Waals surface area contributed by atoms with E-state index in [2.05, 4.69) is 26.2 Å². The van der Waals surface area contributed by atoms with Gasteiger partial charge >= 0.3 is 0 Å². The summed E-state index contributed by atoms with van der Waals surface area (Å²) in [6.07, 6.45) is 1.65. The van der Waals surface area contributed by atoms with E-state index in [1.807, 2.05) is 6.07 Å². The fourth-order valence-electron chi connectivity index (χ4n) is 0.997. The molecular weight excluding hydrogens is 294 g/mol. The van der Waals surface area contributed by atoms with Crippen molar-refractivity contribution in [2.45, 2.75) is 0 Å². The van der Waals surface area contributed by atoms with Gasteiger partial charge in [0.1, 0.15) is 5.82 Å². The Bertz CT molecular complexity index is 448. The lowest BCUT2D eigenvalue weighted by Crippen LogP contribution is -2.28. The Labute approximate surface area is 104 Å². The molecule has 0 aromatic carbocycles. The molecule has 0 fully saturated rings. The van der Waals surface area contributed by atoms with Gasteiger partial charge in [-0.2, -0.15) is 0 Å². The summed E-state index contributed by atoms with van der Waals surface area (Å²) < 4.78 is 24.9. The number of hydrogen-bond donors (Lipinski definition) is 1. The zero-order valence-electron chi connectivity index (χ0n) is 9.14. The van der Waals surface area contributed by atoms with Gasteiger partial charge in [-0.25, -0.2) is 17.7 Å². The van der Waals surface area contributed by atoms with Gasteiger partial charge in [-0.1, -0.05) is 0 Å². The van der Waals surface area contributed by atoms with E-state index in [9.17, 15) is 8.42 Å². The topological polar surface area (TPSA) is 62.3 Å². The number of anilines is 1. The van der Waals surface area contributed by atoms with Crippen molar-refractivity contribution in [2.75, 3.05) is 31.7 Å². The molecule has 16 heavy (non-hydrogen) atoms. The Morgan fingerprint density at radius 3 is 2.75 bits per heavy atom. The van der Waals surface area contributed by atoms with E-state index in [-0.39, 0.29) is 5.75 Å². The minimum absolute atomic E-state index is 0.0447. The minimum atomic E-state index is -3.15. The molecule has 0 bridgehead atoms. The highest BCUT2D eigenvalue weighted by atomic mass is 79.9. The Morgan fingerprint density at radius 1 is 1.50 bits per heavy atom. The fraction of sp³-hybridized carbons (Fsp3) is 0.444. The zero-order chi connectivity index (χ0) is 12.2. The number of rotatable bonds is 5. The molecule has 0 spiro atoms. The van der Waals surface area contributed by atoms with Gasteiger partial charge < -0.3 is 5.32 Å². The van der Waals surface area contributed by atoms with E-state index < -0.39 is 10.0 Å². The lowest BCUT2D eigenvalue weighted by Gasteiger charge is -2.12. The lowest BCUT2D eigenvalue weighted by molar-refractivity contribution is 0.521. The molecule has 7 heteroatoms. The molecule has 0 amide bonds. The third-order valence-electron chi connectivity index (χ3n) is 1.97. The van der Waals surface area contributed by atoms with Crippen LogP contribution in [0, 0.1) is 0 Å². The molecule has 0 saturated heterocycles. The summed E-state index contributed by atoms with van der Waals surface area (Å²) in [5.41, 5.74) is 0. The second-order valence-corrected chi connectivity index (χ2v) is 6.52. The quantitative estimate of drug-likeness (QED) is 0.886. The summed E-state index contributed by atoms with van der Waals surface area (Å²) in [6.45, 7) is 0.329. The van der Waals surface area contributed by atoms with Crippen LogP contribution in [0.15, 0.2) is 22.8 Å². The van der Waals surface area contributed by atoms with Crippen molar-refractivity contribution in [2.24, 2.45) is 0 Å². The van der Waals surface area contributed by atoms with Crippen molar-refractivity contribution in [3.63, 3.8) is 0 Å². The number of nitrogens with zero attached hydrogens (tertiary/aromatic N) is 2. The molecule has 0 unspecified atom stereocenters. The standard InChI is InChI=1S/C9H14BrN3O2S/c1-13(2)16(14,15)7-6-12-9-8(10)4-3-5-11-9/h3-5H,6-7H2,1-2H3,(H,11,12). The highest BCUT2D eigenvalue weighted by Gasteiger charge is 2.12. The van der Waals surface area contributed by atoms with E-state index in [1.165, 1.54) is 18.4 Å². The van der Waals surface area contributed by atoms with Gasteiger partial charge in [0.2, 0.25) is 10.0 Å². The van der Waals surface area contributed by atoms with E-state index in [0.29, 0.717) is 12.4 Å². The Balaban J connectivity index is 2.52. The normalized spacial score (nSPS) is 11.8. The van der Waals surface area contributed by atoms with Crippen LogP contribution in [0.25, 0.3) is 0 Å². The average molecular weight is 308 g/mol. The predicted octanol–water partition coefficient (Wildman–Crippen LogP) is 1.15. The number of nitrogens with one attached hydrogen (secondary N) is 1. The van der Waals surface area contributed by atoms with Crippen molar-refractivity contribution in [1.29, 1.82) is 0 Å². The maximum absolute atomic E-state index is 11.5. The molecule has 1 N–H and O–H groups in total. The molecule has 0 aliphatic rings. The molecule has 0 atom stereocenters. The van der Waals surface area contributed by atoms with Crippen molar-refractivity contribution >= 4 is 31.8 Å². The summed E-state index contributed by atoms with van der Waals surface area (Å²) in [4.78, 5) is 4.08. The lowest BCUT2D eigenvalue weighted by atomic mass is 10.4. The van der Waals surface area contributed by atoms with Gasteiger partial charge in [-0.05, 0) is 28.1 Å². The first-order chi connectivity index (χ1) is 7.43. The molecular formula is C9H14BrN3O2S. The fourth-order valence-corrected chi connectivity index (χ4v) is 2.12. The number of hydrogen-bond acceptors (Lipinski definition) is 4. The summed E-state index contributed by atoms with van der Waals surface area (Å²) in [5, 5.41) is 2.96. The van der Waals surface area contributed by atoms with Gasteiger partial charge in [-0.15, -0.1) is 0 Å². The number of pyridine rings is 1. The van der Waals surface area contributed by atoms with Crippen LogP contribution in [0.5, 0.6) is 0 Å². The SMILES string of the molecule is CN(C)S(=O)(=O)CCNc1ncccc1Br. The summed E-state index contributed by atoms with van der Waals surface area (Å²) in [7, 11) is -0.114. The molecule has 0 radical (unpaired) electrons. The van der Waals surface area contributed by atoms with Crippen molar-refractivity contribution in [1.82, 2.24) is 9.29 Å². The number of aromatic nitrogens is 1. The van der Waals surface area contributed by atoms with E-state index in [4.69, 9.17) is 0 Å². The Hall–Kier alpha value is -0.660. The smallest absolute Gasteiger partial charge is 0.215 e. The number of halogens is 1. The van der Waals surface area contributed by atoms with Crippen LogP contribution in [0.4, 0.5) is 5.82 Å². The van der Waals surface area contributed by atoms with Crippen LogP contribution in [0.2, 0.25) is 0 Å². The molecule has 5 nitrogen and oxygen atoms in total. The zero-order valence-corrected chi connectivity index (χ0v) is 11.5. The first-order valence-corrected chi connectivity index (χ1v) is 7.08. The largest absolute Gasteiger partial charge is 0.368 e. The second-order valence-electron chi connectivity index (χ2n) is 3.36. The Morgan fingerprint density at radius 2 is 2.19 bits per heavy atom. The summed E-state index contributed by atoms with van der Waals surface area (Å²) in [5.74, 6) is 0.694. The highest BCUT2D eigenvalue weighted by molar-refractivity contribution is 9.10. The third-order valence-corrected chi connectivity index (χ3v) is 4.44. The maximum Gasteiger partial charge on any atom is 0.215 e. The van der Waals surface area contributed by atoms with E-state index >= 15 is 0 Å². The molecule has 90 valence electrons. The van der Waals surface area contributed by atoms with Crippen LogP contribution in [-0.2, 0) is 10.0 Å². The van der Waals surface area contributed by atoms with Gasteiger partial charge in [0, 0.05) is 26.8 Å². The maximum atomic E-state index is 11.5. The Kier molecular flexibility index (Phi) is 4.69. The molecule has 1 rings (SSSR count). The molecule has 1 aromatic heterocycles. The number of sulfonamides is 1. The van der Waals surface area contributed by atoms with Crippen LogP contribution >= 0.6 is 15.9 Å². The van der Waals surface area contributed by atoms with Crippen LogP contribution in [0.1, 0.15) is 0 Å². The van der Waals surface area contributed by atoms with Gasteiger partial charge in [-0.3, -0.25) is 0 Å². The first-order valence-electron chi connectivity index (χ1n) is 4.68. The third kappa shape index (κ3) is 3.73. The molecule has 0 aliphatic carbocycles. The van der Waals surface area contributed by atoms with Crippen LogP contribution in [-0.4, -0.2) is 44.1 Å². The minimum Gasteiger partial charge on any atom is -0.368 e. The monoisotopic (exact) mass is 307 g/mol. The van der Waals surface area contributed by atoms with Crippen LogP contribution in [0.3, 0.4) is 0 Å². The second kappa shape index (κ2) is 5.60.